The molecule has 0 bridgehead atoms. The molecule has 1 aliphatic rings. The Morgan fingerprint density at radius 1 is 1.31 bits per heavy atom. The number of hydrogen-bond acceptors (Lipinski definition) is 3. The van der Waals surface area contributed by atoms with Crippen LogP contribution in [0.1, 0.15) is 68.8 Å². The lowest BCUT2D eigenvalue weighted by Gasteiger charge is -2.25. The minimum absolute atomic E-state index is 0.0100. The van der Waals surface area contributed by atoms with E-state index in [1.807, 2.05) is 6.07 Å². The van der Waals surface area contributed by atoms with Gasteiger partial charge in [0.2, 0.25) is 0 Å². The molecular formula is C19H25N3O4. The van der Waals surface area contributed by atoms with Crippen molar-refractivity contribution in [3.63, 3.8) is 0 Å². The first-order valence-corrected chi connectivity index (χ1v) is 9.05. The summed E-state index contributed by atoms with van der Waals surface area (Å²) in [4.78, 5) is 38.5. The van der Waals surface area contributed by atoms with E-state index in [9.17, 15) is 14.4 Å². The van der Waals surface area contributed by atoms with Gasteiger partial charge in [0, 0.05) is 23.6 Å². The van der Waals surface area contributed by atoms with E-state index >= 15 is 0 Å². The van der Waals surface area contributed by atoms with E-state index in [0.29, 0.717) is 17.5 Å². The molecule has 1 aromatic carbocycles. The Hall–Kier alpha value is -2.57. The van der Waals surface area contributed by atoms with Gasteiger partial charge in [0.15, 0.2) is 0 Å². The van der Waals surface area contributed by atoms with E-state index in [2.05, 4.69) is 10.3 Å². The Labute approximate surface area is 151 Å². The van der Waals surface area contributed by atoms with Crippen molar-refractivity contribution in [3.05, 3.63) is 34.2 Å². The number of aliphatic carboxylic acids is 1. The predicted octanol–water partition coefficient (Wildman–Crippen LogP) is 2.82. The number of carboxylic acid groups (broad SMARTS) is 1. The van der Waals surface area contributed by atoms with Gasteiger partial charge in [-0.3, -0.25) is 14.2 Å². The van der Waals surface area contributed by atoms with Crippen LogP contribution in [-0.4, -0.2) is 32.1 Å². The fourth-order valence-corrected chi connectivity index (χ4v) is 3.66. The van der Waals surface area contributed by atoms with Crippen molar-refractivity contribution in [3.8, 4) is 0 Å². The molecule has 3 N–H and O–H groups in total. The van der Waals surface area contributed by atoms with Crippen LogP contribution < -0.4 is 11.0 Å². The summed E-state index contributed by atoms with van der Waals surface area (Å²) < 4.78 is 1.81. The summed E-state index contributed by atoms with van der Waals surface area (Å²) >= 11 is 0. The normalized spacial score (nSPS) is 15.5. The molecule has 7 nitrogen and oxygen atoms in total. The molecule has 7 heteroatoms. The largest absolute Gasteiger partial charge is 0.481 e. The van der Waals surface area contributed by atoms with Gasteiger partial charge in [-0.25, -0.2) is 4.79 Å². The minimum Gasteiger partial charge on any atom is -0.481 e. The molecule has 0 unspecified atom stereocenters. The van der Waals surface area contributed by atoms with Crippen LogP contribution >= 0.6 is 0 Å². The molecule has 140 valence electrons. The number of nitrogens with zero attached hydrogens (tertiary/aromatic N) is 1. The fourth-order valence-electron chi connectivity index (χ4n) is 3.66. The SMILES string of the molecule is CC(C)(CCC(=O)O)NC(=O)c1ccc2c(c1)[nH]c(=O)n2C1CCCC1. The number of H-pyrrole nitrogens is 1. The first-order chi connectivity index (χ1) is 12.3. The molecule has 1 saturated carbocycles. The van der Waals surface area contributed by atoms with Crippen molar-refractivity contribution >= 4 is 22.9 Å². The van der Waals surface area contributed by atoms with Crippen LogP contribution in [0.3, 0.4) is 0 Å². The molecule has 0 atom stereocenters. The molecule has 1 amide bonds. The number of carbonyl (C=O) groups excluding carboxylic acids is 1. The minimum atomic E-state index is -0.889. The highest BCUT2D eigenvalue weighted by molar-refractivity contribution is 5.97. The number of rotatable bonds is 6. The van der Waals surface area contributed by atoms with Crippen LogP contribution in [0.15, 0.2) is 23.0 Å². The van der Waals surface area contributed by atoms with E-state index in [1.54, 1.807) is 30.5 Å². The van der Waals surface area contributed by atoms with Crippen LogP contribution in [0.25, 0.3) is 11.0 Å². The Balaban J connectivity index is 1.82. The zero-order valence-electron chi connectivity index (χ0n) is 15.2. The molecule has 2 aromatic rings. The number of aromatic nitrogens is 2. The Morgan fingerprint density at radius 2 is 2.00 bits per heavy atom. The van der Waals surface area contributed by atoms with E-state index in [-0.39, 0.29) is 24.1 Å². The average Bonchev–Trinajstić information content (AvgIpc) is 3.18. The molecule has 0 aliphatic heterocycles. The van der Waals surface area contributed by atoms with Gasteiger partial charge in [0.05, 0.1) is 11.0 Å². The topological polar surface area (TPSA) is 104 Å². The smallest absolute Gasteiger partial charge is 0.326 e. The number of nitrogens with one attached hydrogen (secondary N) is 2. The van der Waals surface area contributed by atoms with E-state index < -0.39 is 11.5 Å². The van der Waals surface area contributed by atoms with Crippen LogP contribution in [0.5, 0.6) is 0 Å². The molecule has 1 heterocycles. The molecular weight excluding hydrogens is 334 g/mol. The highest BCUT2D eigenvalue weighted by Crippen LogP contribution is 2.30. The average molecular weight is 359 g/mol. The summed E-state index contributed by atoms with van der Waals surface area (Å²) in [5, 5.41) is 11.7. The van der Waals surface area contributed by atoms with E-state index in [4.69, 9.17) is 5.11 Å². The second kappa shape index (κ2) is 6.97. The summed E-state index contributed by atoms with van der Waals surface area (Å²) in [6.45, 7) is 3.59. The lowest BCUT2D eigenvalue weighted by Crippen LogP contribution is -2.43. The predicted molar refractivity (Wildman–Crippen MR) is 98.5 cm³/mol. The third-order valence-corrected chi connectivity index (χ3v) is 5.08. The zero-order valence-corrected chi connectivity index (χ0v) is 15.2. The quantitative estimate of drug-likeness (QED) is 0.737. The van der Waals surface area contributed by atoms with Crippen molar-refractivity contribution in [1.29, 1.82) is 0 Å². The van der Waals surface area contributed by atoms with Crippen molar-refractivity contribution in [1.82, 2.24) is 14.9 Å². The summed E-state index contributed by atoms with van der Waals surface area (Å²) in [6.07, 6.45) is 4.61. The molecule has 0 spiro atoms. The van der Waals surface area contributed by atoms with Crippen molar-refractivity contribution in [2.75, 3.05) is 0 Å². The summed E-state index contributed by atoms with van der Waals surface area (Å²) in [5.41, 5.74) is 1.15. The molecule has 3 rings (SSSR count). The van der Waals surface area contributed by atoms with Crippen molar-refractivity contribution in [2.45, 2.75) is 64.0 Å². The molecule has 0 radical (unpaired) electrons. The number of benzene rings is 1. The van der Waals surface area contributed by atoms with Crippen molar-refractivity contribution in [2.24, 2.45) is 0 Å². The van der Waals surface area contributed by atoms with E-state index in [0.717, 1.165) is 31.2 Å². The van der Waals surface area contributed by atoms with Crippen LogP contribution in [0.2, 0.25) is 0 Å². The Bertz CT molecular complexity index is 888. The monoisotopic (exact) mass is 359 g/mol. The molecule has 0 saturated heterocycles. The third-order valence-electron chi connectivity index (χ3n) is 5.08. The number of hydrogen-bond donors (Lipinski definition) is 3. The van der Waals surface area contributed by atoms with E-state index in [1.165, 1.54) is 0 Å². The van der Waals surface area contributed by atoms with Gasteiger partial charge in [-0.05, 0) is 51.3 Å². The molecule has 1 fully saturated rings. The number of imidazole rings is 1. The lowest BCUT2D eigenvalue weighted by atomic mass is 9.97. The summed E-state index contributed by atoms with van der Waals surface area (Å²) in [5.74, 6) is -1.17. The highest BCUT2D eigenvalue weighted by Gasteiger charge is 2.24. The van der Waals surface area contributed by atoms with Crippen LogP contribution in [-0.2, 0) is 4.79 Å². The van der Waals surface area contributed by atoms with Gasteiger partial charge in [0.1, 0.15) is 0 Å². The number of carbonyl (C=O) groups is 2. The van der Waals surface area contributed by atoms with Gasteiger partial charge in [-0.1, -0.05) is 12.8 Å². The highest BCUT2D eigenvalue weighted by atomic mass is 16.4. The Morgan fingerprint density at radius 3 is 2.65 bits per heavy atom. The van der Waals surface area contributed by atoms with Gasteiger partial charge in [-0.15, -0.1) is 0 Å². The maximum absolute atomic E-state index is 12.5. The van der Waals surface area contributed by atoms with Gasteiger partial charge >= 0.3 is 11.7 Å². The summed E-state index contributed by atoms with van der Waals surface area (Å²) in [6, 6.07) is 5.44. The Kier molecular flexibility index (Phi) is 4.89. The lowest BCUT2D eigenvalue weighted by molar-refractivity contribution is -0.137. The molecule has 1 aliphatic carbocycles. The standard InChI is InChI=1S/C19H25N3O4/c1-19(2,10-9-16(23)24)21-17(25)12-7-8-15-14(11-12)20-18(26)22(15)13-5-3-4-6-13/h7-8,11,13H,3-6,9-10H2,1-2H3,(H,20,26)(H,21,25)(H,23,24). The molecule has 1 aromatic heterocycles. The maximum atomic E-state index is 12.5. The number of carboxylic acids is 1. The second-order valence-electron chi connectivity index (χ2n) is 7.70. The van der Waals surface area contributed by atoms with Gasteiger partial charge < -0.3 is 15.4 Å². The zero-order chi connectivity index (χ0) is 18.9. The van der Waals surface area contributed by atoms with Crippen LogP contribution in [0, 0.1) is 0 Å². The summed E-state index contributed by atoms with van der Waals surface area (Å²) in [7, 11) is 0. The number of amides is 1. The van der Waals surface area contributed by atoms with Crippen LogP contribution in [0.4, 0.5) is 0 Å². The number of fused-ring (bicyclic) bond motifs is 1. The maximum Gasteiger partial charge on any atom is 0.326 e. The fraction of sp³-hybridized carbons (Fsp3) is 0.526. The van der Waals surface area contributed by atoms with Gasteiger partial charge in [0.25, 0.3) is 5.91 Å². The second-order valence-corrected chi connectivity index (χ2v) is 7.70. The number of aromatic amines is 1. The van der Waals surface area contributed by atoms with Crippen molar-refractivity contribution < 1.29 is 14.7 Å². The third kappa shape index (κ3) is 3.81. The first-order valence-electron chi connectivity index (χ1n) is 9.05. The molecule has 26 heavy (non-hydrogen) atoms. The first kappa shape index (κ1) is 18.2. The van der Waals surface area contributed by atoms with Gasteiger partial charge in [-0.2, -0.15) is 0 Å².